The standard InChI is InChI=1S/C9H15N3O/c1-6-4-9(2)5-7(9)11-12(6)8(13)10-3/h4,7,11H,5H2,1-3H3,(H,10,13). The van der Waals surface area contributed by atoms with Crippen LogP contribution in [0.1, 0.15) is 20.3 Å². The molecule has 1 heterocycles. The Morgan fingerprint density at radius 2 is 2.54 bits per heavy atom. The molecule has 1 saturated carbocycles. The van der Waals surface area contributed by atoms with Crippen molar-refractivity contribution in [2.45, 2.75) is 26.3 Å². The molecule has 0 aromatic carbocycles. The lowest BCUT2D eigenvalue weighted by Gasteiger charge is -2.29. The highest BCUT2D eigenvalue weighted by molar-refractivity contribution is 5.75. The number of nitrogens with one attached hydrogen (secondary N) is 2. The molecule has 2 aliphatic rings. The summed E-state index contributed by atoms with van der Waals surface area (Å²) in [4.78, 5) is 11.4. The van der Waals surface area contributed by atoms with E-state index in [2.05, 4.69) is 23.7 Å². The van der Waals surface area contributed by atoms with Gasteiger partial charge in [-0.2, -0.15) is 0 Å². The number of carbonyl (C=O) groups excluding carboxylic acids is 1. The Bertz CT molecular complexity index is 287. The van der Waals surface area contributed by atoms with E-state index in [0.29, 0.717) is 6.04 Å². The SMILES string of the molecule is CNC(=O)N1NC2CC2(C)C=C1C. The van der Waals surface area contributed by atoms with Gasteiger partial charge in [-0.15, -0.1) is 0 Å². The first-order valence-corrected chi connectivity index (χ1v) is 4.54. The molecular formula is C9H15N3O. The number of nitrogens with zero attached hydrogens (tertiary/aromatic N) is 1. The zero-order valence-corrected chi connectivity index (χ0v) is 8.22. The molecule has 1 aliphatic carbocycles. The summed E-state index contributed by atoms with van der Waals surface area (Å²) in [6, 6.07) is 0.344. The van der Waals surface area contributed by atoms with Crippen LogP contribution < -0.4 is 10.7 Å². The molecule has 0 aromatic rings. The van der Waals surface area contributed by atoms with E-state index in [9.17, 15) is 4.79 Å². The molecule has 13 heavy (non-hydrogen) atoms. The largest absolute Gasteiger partial charge is 0.340 e. The monoisotopic (exact) mass is 181 g/mol. The van der Waals surface area contributed by atoms with Gasteiger partial charge in [0, 0.05) is 24.2 Å². The lowest BCUT2D eigenvalue weighted by molar-refractivity contribution is 0.183. The second-order valence-electron chi connectivity index (χ2n) is 4.07. The smallest absolute Gasteiger partial charge is 0.335 e. The van der Waals surface area contributed by atoms with Gasteiger partial charge in [0.05, 0.1) is 0 Å². The van der Waals surface area contributed by atoms with E-state index < -0.39 is 0 Å². The first kappa shape index (κ1) is 8.56. The van der Waals surface area contributed by atoms with Crippen molar-refractivity contribution in [1.82, 2.24) is 15.8 Å². The Morgan fingerprint density at radius 1 is 1.85 bits per heavy atom. The summed E-state index contributed by atoms with van der Waals surface area (Å²) in [6.45, 7) is 4.15. The van der Waals surface area contributed by atoms with Gasteiger partial charge in [-0.3, -0.25) is 0 Å². The number of urea groups is 1. The van der Waals surface area contributed by atoms with Crippen molar-refractivity contribution in [2.75, 3.05) is 7.05 Å². The quantitative estimate of drug-likeness (QED) is 0.581. The second-order valence-corrected chi connectivity index (χ2v) is 4.07. The minimum atomic E-state index is -0.0947. The van der Waals surface area contributed by atoms with Crippen LogP contribution in [-0.2, 0) is 0 Å². The van der Waals surface area contributed by atoms with E-state index in [4.69, 9.17) is 0 Å². The lowest BCUT2D eigenvalue weighted by atomic mass is 10.1. The molecule has 0 spiro atoms. The number of amides is 2. The summed E-state index contributed by atoms with van der Waals surface area (Å²) >= 11 is 0. The molecule has 0 saturated heterocycles. The highest BCUT2D eigenvalue weighted by Crippen LogP contribution is 2.50. The van der Waals surface area contributed by atoms with E-state index in [1.165, 1.54) is 0 Å². The molecule has 2 rings (SSSR count). The summed E-state index contributed by atoms with van der Waals surface area (Å²) in [7, 11) is 1.64. The number of hydrogen-bond donors (Lipinski definition) is 2. The molecule has 1 aliphatic heterocycles. The van der Waals surface area contributed by atoms with Gasteiger partial charge in [-0.1, -0.05) is 13.0 Å². The maximum atomic E-state index is 11.4. The minimum Gasteiger partial charge on any atom is -0.340 e. The fourth-order valence-corrected chi connectivity index (χ4v) is 1.86. The van der Waals surface area contributed by atoms with Gasteiger partial charge >= 0.3 is 6.03 Å². The zero-order chi connectivity index (χ0) is 9.64. The van der Waals surface area contributed by atoms with Crippen LogP contribution in [0.3, 0.4) is 0 Å². The van der Waals surface area contributed by atoms with Crippen LogP contribution in [0.15, 0.2) is 11.8 Å². The molecule has 2 amide bonds. The summed E-state index contributed by atoms with van der Waals surface area (Å²) < 4.78 is 0. The van der Waals surface area contributed by atoms with E-state index in [0.717, 1.165) is 12.1 Å². The van der Waals surface area contributed by atoms with Crippen LogP contribution >= 0.6 is 0 Å². The topological polar surface area (TPSA) is 44.4 Å². The maximum Gasteiger partial charge on any atom is 0.335 e. The van der Waals surface area contributed by atoms with Crippen LogP contribution in [0.25, 0.3) is 0 Å². The number of allylic oxidation sites excluding steroid dienone is 1. The first-order chi connectivity index (χ1) is 6.07. The fourth-order valence-electron chi connectivity index (χ4n) is 1.86. The van der Waals surface area contributed by atoms with Gasteiger partial charge in [-0.25, -0.2) is 15.2 Å². The van der Waals surface area contributed by atoms with Crippen molar-refractivity contribution < 1.29 is 4.79 Å². The van der Waals surface area contributed by atoms with Crippen LogP contribution in [0, 0.1) is 5.41 Å². The average molecular weight is 181 g/mol. The normalized spacial score (nSPS) is 36.4. The third-order valence-corrected chi connectivity index (χ3v) is 2.87. The average Bonchev–Trinajstić information content (AvgIpc) is 2.72. The molecule has 0 radical (unpaired) electrons. The summed E-state index contributed by atoms with van der Waals surface area (Å²) in [5.74, 6) is 0. The number of hydrogen-bond acceptors (Lipinski definition) is 2. The minimum absolute atomic E-state index is 0.0947. The van der Waals surface area contributed by atoms with Gasteiger partial charge in [-0.05, 0) is 13.3 Å². The summed E-state index contributed by atoms with van der Waals surface area (Å²) in [6.07, 6.45) is 3.29. The Kier molecular flexibility index (Phi) is 1.63. The number of rotatable bonds is 0. The fraction of sp³-hybridized carbons (Fsp3) is 0.667. The maximum absolute atomic E-state index is 11.4. The van der Waals surface area contributed by atoms with Gasteiger partial charge < -0.3 is 5.32 Å². The lowest BCUT2D eigenvalue weighted by Crippen LogP contribution is -2.49. The molecule has 2 atom stereocenters. The van der Waals surface area contributed by atoms with Crippen molar-refractivity contribution in [2.24, 2.45) is 5.41 Å². The van der Waals surface area contributed by atoms with Crippen LogP contribution in [0.2, 0.25) is 0 Å². The summed E-state index contributed by atoms with van der Waals surface area (Å²) in [5, 5.41) is 4.18. The van der Waals surface area contributed by atoms with Crippen LogP contribution in [-0.4, -0.2) is 24.1 Å². The predicted molar refractivity (Wildman–Crippen MR) is 49.7 cm³/mol. The van der Waals surface area contributed by atoms with Crippen molar-refractivity contribution in [3.05, 3.63) is 11.8 Å². The molecule has 72 valence electrons. The van der Waals surface area contributed by atoms with Crippen molar-refractivity contribution in [1.29, 1.82) is 0 Å². The number of carbonyl (C=O) groups is 1. The number of fused-ring (bicyclic) bond motifs is 1. The third-order valence-electron chi connectivity index (χ3n) is 2.87. The Hall–Kier alpha value is -1.03. The van der Waals surface area contributed by atoms with Gasteiger partial charge in [0.25, 0.3) is 0 Å². The van der Waals surface area contributed by atoms with E-state index in [-0.39, 0.29) is 11.4 Å². The van der Waals surface area contributed by atoms with Crippen molar-refractivity contribution in [3.8, 4) is 0 Å². The molecule has 2 N–H and O–H groups in total. The Labute approximate surface area is 77.9 Å². The van der Waals surface area contributed by atoms with Crippen LogP contribution in [0.4, 0.5) is 4.79 Å². The van der Waals surface area contributed by atoms with Gasteiger partial charge in [0.15, 0.2) is 0 Å². The van der Waals surface area contributed by atoms with E-state index >= 15 is 0 Å². The molecular weight excluding hydrogens is 166 g/mol. The van der Waals surface area contributed by atoms with E-state index in [1.807, 2.05) is 6.92 Å². The predicted octanol–water partition coefficient (Wildman–Crippen LogP) is 0.828. The Balaban J connectivity index is 2.17. The molecule has 0 aromatic heterocycles. The molecule has 4 nitrogen and oxygen atoms in total. The van der Waals surface area contributed by atoms with Gasteiger partial charge in [0.1, 0.15) is 0 Å². The van der Waals surface area contributed by atoms with Gasteiger partial charge in [0.2, 0.25) is 0 Å². The molecule has 4 heteroatoms. The molecule has 0 bridgehead atoms. The van der Waals surface area contributed by atoms with Crippen molar-refractivity contribution >= 4 is 6.03 Å². The molecule has 1 fully saturated rings. The second kappa shape index (κ2) is 2.48. The summed E-state index contributed by atoms with van der Waals surface area (Å²) in [5.41, 5.74) is 4.45. The van der Waals surface area contributed by atoms with E-state index in [1.54, 1.807) is 12.1 Å². The van der Waals surface area contributed by atoms with Crippen LogP contribution in [0.5, 0.6) is 0 Å². The van der Waals surface area contributed by atoms with Crippen molar-refractivity contribution in [3.63, 3.8) is 0 Å². The zero-order valence-electron chi connectivity index (χ0n) is 8.22. The highest BCUT2D eigenvalue weighted by Gasteiger charge is 2.52. The number of hydrazine groups is 1. The first-order valence-electron chi connectivity index (χ1n) is 4.54. The highest BCUT2D eigenvalue weighted by atomic mass is 16.2. The Morgan fingerprint density at radius 3 is 3.15 bits per heavy atom. The third kappa shape index (κ3) is 1.21. The molecule has 2 unspecified atom stereocenters.